The van der Waals surface area contributed by atoms with Gasteiger partial charge in [0.1, 0.15) is 23.3 Å². The van der Waals surface area contributed by atoms with E-state index in [0.29, 0.717) is 34.8 Å². The lowest BCUT2D eigenvalue weighted by Crippen LogP contribution is -2.48. The molecule has 2 aromatic heterocycles. The quantitative estimate of drug-likeness (QED) is 0.571. The van der Waals surface area contributed by atoms with Gasteiger partial charge in [-0.1, -0.05) is 20.3 Å². The largest absolute Gasteiger partial charge is 0.497 e. The van der Waals surface area contributed by atoms with E-state index in [-0.39, 0.29) is 28.9 Å². The maximum atomic E-state index is 12.8. The molecule has 8 nitrogen and oxygen atoms in total. The monoisotopic (exact) mass is 426 g/mol. The maximum absolute atomic E-state index is 12.8. The van der Waals surface area contributed by atoms with Gasteiger partial charge in [0.2, 0.25) is 22.8 Å². The first-order valence-electron chi connectivity index (χ1n) is 10.0. The van der Waals surface area contributed by atoms with Crippen LogP contribution in [0.1, 0.15) is 31.6 Å². The van der Waals surface area contributed by atoms with E-state index >= 15 is 0 Å². The molecule has 8 heteroatoms. The number of furan rings is 1. The maximum Gasteiger partial charge on any atom is 0.240 e. The summed E-state index contributed by atoms with van der Waals surface area (Å²) in [6.07, 6.45) is 0.522. The molecular formula is C23H26N2O6. The van der Waals surface area contributed by atoms with Gasteiger partial charge in [-0.2, -0.15) is 0 Å². The first-order valence-corrected chi connectivity index (χ1v) is 10.0. The smallest absolute Gasteiger partial charge is 0.240 e. The van der Waals surface area contributed by atoms with E-state index in [1.54, 1.807) is 38.3 Å². The van der Waals surface area contributed by atoms with Crippen molar-refractivity contribution in [3.05, 3.63) is 51.9 Å². The number of benzene rings is 1. The molecule has 3 N–H and O–H groups in total. The van der Waals surface area contributed by atoms with Crippen LogP contribution in [0.4, 0.5) is 0 Å². The van der Waals surface area contributed by atoms with E-state index in [9.17, 15) is 14.4 Å². The molecule has 0 saturated heterocycles. The van der Waals surface area contributed by atoms with E-state index in [2.05, 4.69) is 5.32 Å². The molecule has 0 bridgehead atoms. The average molecular weight is 426 g/mol. The zero-order valence-electron chi connectivity index (χ0n) is 18.0. The summed E-state index contributed by atoms with van der Waals surface area (Å²) < 4.78 is 16.8. The van der Waals surface area contributed by atoms with E-state index in [1.165, 1.54) is 6.07 Å². The summed E-state index contributed by atoms with van der Waals surface area (Å²) in [6.45, 7) is 5.40. The minimum atomic E-state index is -0.797. The fourth-order valence-corrected chi connectivity index (χ4v) is 3.41. The lowest BCUT2D eigenvalue weighted by Gasteiger charge is -2.21. The molecule has 0 aliphatic heterocycles. The molecule has 2 heterocycles. The predicted octanol–water partition coefficient (Wildman–Crippen LogP) is 2.93. The molecule has 0 radical (unpaired) electrons. The summed E-state index contributed by atoms with van der Waals surface area (Å²) in [5.74, 6) is 0.253. The molecule has 0 spiro atoms. The van der Waals surface area contributed by atoms with Gasteiger partial charge in [0, 0.05) is 11.6 Å². The molecular weight excluding hydrogens is 400 g/mol. The van der Waals surface area contributed by atoms with Crippen molar-refractivity contribution in [2.45, 2.75) is 39.7 Å². The third-order valence-electron chi connectivity index (χ3n) is 5.31. The van der Waals surface area contributed by atoms with Crippen LogP contribution in [-0.2, 0) is 16.0 Å². The number of amides is 2. The van der Waals surface area contributed by atoms with Gasteiger partial charge in [0.15, 0.2) is 5.58 Å². The number of primary amides is 1. The minimum absolute atomic E-state index is 0.0348. The number of aryl methyl sites for hydroxylation is 1. The third-order valence-corrected chi connectivity index (χ3v) is 5.31. The van der Waals surface area contributed by atoms with Gasteiger partial charge in [-0.25, -0.2) is 0 Å². The van der Waals surface area contributed by atoms with Crippen LogP contribution >= 0.6 is 0 Å². The number of carbonyl (C=O) groups is 2. The number of nitrogens with one attached hydrogen (secondary N) is 1. The van der Waals surface area contributed by atoms with Crippen molar-refractivity contribution >= 4 is 23.0 Å². The Morgan fingerprint density at radius 3 is 2.42 bits per heavy atom. The topological polar surface area (TPSA) is 125 Å². The van der Waals surface area contributed by atoms with Crippen molar-refractivity contribution in [1.82, 2.24) is 5.32 Å². The molecule has 3 aromatic rings. The van der Waals surface area contributed by atoms with Crippen LogP contribution < -0.4 is 21.2 Å². The molecule has 2 atom stereocenters. The van der Waals surface area contributed by atoms with E-state index in [0.717, 1.165) is 0 Å². The molecule has 3 rings (SSSR count). The van der Waals surface area contributed by atoms with Crippen LogP contribution in [0.5, 0.6) is 5.75 Å². The van der Waals surface area contributed by atoms with E-state index in [4.69, 9.17) is 19.3 Å². The summed E-state index contributed by atoms with van der Waals surface area (Å²) in [5, 5.41) is 2.70. The zero-order chi connectivity index (χ0) is 22.7. The van der Waals surface area contributed by atoms with Crippen LogP contribution in [0, 0.1) is 12.8 Å². The van der Waals surface area contributed by atoms with Gasteiger partial charge in [0.05, 0.1) is 19.1 Å². The van der Waals surface area contributed by atoms with Crippen LogP contribution in [0.3, 0.4) is 0 Å². The standard InChI is InChI=1S/C23H26N2O6/c1-5-12(2)19(23(24)28)25-18(27)11-16-20(14-6-8-15(29-4)9-7-14)31-22-17(26)10-13(3)30-21(16)22/h6-10,12,19H,5,11H2,1-4H3,(H2,24,28)(H,25,27). The second-order valence-electron chi connectivity index (χ2n) is 7.53. The van der Waals surface area contributed by atoms with Gasteiger partial charge in [0.25, 0.3) is 0 Å². The van der Waals surface area contributed by atoms with Gasteiger partial charge < -0.3 is 24.6 Å². The Labute approximate surface area is 179 Å². The van der Waals surface area contributed by atoms with Crippen LogP contribution in [0.15, 0.2) is 44.0 Å². The highest BCUT2D eigenvalue weighted by Crippen LogP contribution is 2.34. The van der Waals surface area contributed by atoms with E-state index < -0.39 is 17.9 Å². The molecule has 0 fully saturated rings. The Morgan fingerprint density at radius 2 is 1.84 bits per heavy atom. The summed E-state index contributed by atoms with van der Waals surface area (Å²) in [7, 11) is 1.56. The van der Waals surface area contributed by atoms with Gasteiger partial charge >= 0.3 is 0 Å². The second-order valence-corrected chi connectivity index (χ2v) is 7.53. The molecule has 164 valence electrons. The zero-order valence-corrected chi connectivity index (χ0v) is 18.0. The number of hydrogen-bond donors (Lipinski definition) is 2. The van der Waals surface area contributed by atoms with Crippen molar-refractivity contribution < 1.29 is 23.2 Å². The number of methoxy groups -OCH3 is 1. The van der Waals surface area contributed by atoms with Crippen LogP contribution in [-0.4, -0.2) is 25.0 Å². The Kier molecular flexibility index (Phi) is 6.48. The Bertz CT molecular complexity index is 1160. The normalized spacial score (nSPS) is 13.0. The van der Waals surface area contributed by atoms with Crippen LogP contribution in [0.2, 0.25) is 0 Å². The van der Waals surface area contributed by atoms with Crippen LogP contribution in [0.25, 0.3) is 22.5 Å². The molecule has 2 amide bonds. The summed E-state index contributed by atoms with van der Waals surface area (Å²) in [5.41, 5.74) is 6.45. The number of rotatable bonds is 8. The molecule has 0 saturated carbocycles. The number of carbonyl (C=O) groups excluding carboxylic acids is 2. The number of fused-ring (bicyclic) bond motifs is 1. The fraction of sp³-hybridized carbons (Fsp3) is 0.348. The lowest BCUT2D eigenvalue weighted by atomic mass is 9.98. The Morgan fingerprint density at radius 1 is 1.16 bits per heavy atom. The number of hydrogen-bond acceptors (Lipinski definition) is 6. The molecule has 0 aliphatic carbocycles. The van der Waals surface area contributed by atoms with E-state index in [1.807, 2.05) is 13.8 Å². The highest BCUT2D eigenvalue weighted by molar-refractivity contribution is 5.92. The first-order chi connectivity index (χ1) is 14.7. The Balaban J connectivity index is 2.05. The van der Waals surface area contributed by atoms with Gasteiger partial charge in [-0.15, -0.1) is 0 Å². The highest BCUT2D eigenvalue weighted by Gasteiger charge is 2.27. The van der Waals surface area contributed by atoms with Crippen molar-refractivity contribution in [3.63, 3.8) is 0 Å². The number of ether oxygens (including phenoxy) is 1. The van der Waals surface area contributed by atoms with Crippen molar-refractivity contribution in [3.8, 4) is 17.1 Å². The average Bonchev–Trinajstić information content (AvgIpc) is 3.09. The van der Waals surface area contributed by atoms with Crippen molar-refractivity contribution in [2.24, 2.45) is 11.7 Å². The summed E-state index contributed by atoms with van der Waals surface area (Å²) in [4.78, 5) is 37.1. The predicted molar refractivity (Wildman–Crippen MR) is 116 cm³/mol. The molecule has 2 unspecified atom stereocenters. The second kappa shape index (κ2) is 9.07. The molecule has 31 heavy (non-hydrogen) atoms. The fourth-order valence-electron chi connectivity index (χ4n) is 3.41. The summed E-state index contributed by atoms with van der Waals surface area (Å²) >= 11 is 0. The molecule has 1 aromatic carbocycles. The third kappa shape index (κ3) is 4.63. The SMILES string of the molecule is CCC(C)C(NC(=O)Cc1c(-c2ccc(OC)cc2)oc2c(=O)cc(C)oc12)C(N)=O. The Hall–Kier alpha value is -3.55. The van der Waals surface area contributed by atoms with Gasteiger partial charge in [-0.05, 0) is 37.1 Å². The van der Waals surface area contributed by atoms with Crippen molar-refractivity contribution in [2.75, 3.05) is 7.11 Å². The summed E-state index contributed by atoms with van der Waals surface area (Å²) in [6, 6.07) is 7.56. The molecule has 0 aliphatic rings. The van der Waals surface area contributed by atoms with Crippen molar-refractivity contribution in [1.29, 1.82) is 0 Å². The van der Waals surface area contributed by atoms with Gasteiger partial charge in [-0.3, -0.25) is 14.4 Å². The minimum Gasteiger partial charge on any atom is -0.497 e. The lowest BCUT2D eigenvalue weighted by molar-refractivity contribution is -0.128. The number of nitrogens with two attached hydrogens (primary N) is 1. The first kappa shape index (κ1) is 22.1. The highest BCUT2D eigenvalue weighted by atomic mass is 16.5.